The zero-order valence-electron chi connectivity index (χ0n) is 21.4. The normalized spacial score (nSPS) is 21.2. The zero-order chi connectivity index (χ0) is 26.7. The minimum absolute atomic E-state index is 0.142. The molecule has 0 fully saturated rings. The van der Waals surface area contributed by atoms with Gasteiger partial charge in [0.05, 0.1) is 0 Å². The molecule has 3 nitrogen and oxygen atoms in total. The minimum atomic E-state index is -4.33. The van der Waals surface area contributed by atoms with Crippen LogP contribution in [-0.4, -0.2) is 30.0 Å². The van der Waals surface area contributed by atoms with Gasteiger partial charge in [-0.1, -0.05) is 26.0 Å². The van der Waals surface area contributed by atoms with E-state index in [1.807, 2.05) is 33.1 Å². The summed E-state index contributed by atoms with van der Waals surface area (Å²) in [5.41, 5.74) is 4.15. The molecule has 1 unspecified atom stereocenters. The van der Waals surface area contributed by atoms with Crippen molar-refractivity contribution in [1.29, 1.82) is 0 Å². The van der Waals surface area contributed by atoms with E-state index in [0.717, 1.165) is 59.3 Å². The Morgan fingerprint density at radius 3 is 2.59 bits per heavy atom. The molecular formula is C29H32F4N2OS. The second kappa shape index (κ2) is 11.3. The molecule has 2 aliphatic heterocycles. The van der Waals surface area contributed by atoms with Crippen LogP contribution in [0.15, 0.2) is 52.8 Å². The Balaban J connectivity index is 1.51. The average Bonchev–Trinajstić information content (AvgIpc) is 3.34. The molecule has 0 radical (unpaired) electrons. The molecule has 198 valence electrons. The molecule has 0 aliphatic carbocycles. The van der Waals surface area contributed by atoms with E-state index < -0.39 is 11.1 Å². The first-order valence-corrected chi connectivity index (χ1v) is 13.5. The molecule has 0 saturated heterocycles. The van der Waals surface area contributed by atoms with Crippen LogP contribution in [0, 0.1) is 24.6 Å². The molecule has 8 heteroatoms. The molecule has 37 heavy (non-hydrogen) atoms. The van der Waals surface area contributed by atoms with Gasteiger partial charge in [0.25, 0.3) is 0 Å². The lowest BCUT2D eigenvalue weighted by Gasteiger charge is -2.32. The van der Waals surface area contributed by atoms with E-state index in [1.165, 1.54) is 17.7 Å². The first-order valence-electron chi connectivity index (χ1n) is 12.7. The van der Waals surface area contributed by atoms with Gasteiger partial charge < -0.3 is 4.90 Å². The van der Waals surface area contributed by atoms with Crippen LogP contribution < -0.4 is 0 Å². The maximum atomic E-state index is 13.5. The Morgan fingerprint density at radius 2 is 1.97 bits per heavy atom. The third kappa shape index (κ3) is 6.40. The number of alkyl halides is 3. The van der Waals surface area contributed by atoms with Crippen LogP contribution >= 0.6 is 11.3 Å². The lowest BCUT2D eigenvalue weighted by atomic mass is 9.84. The number of rotatable bonds is 6. The Bertz CT molecular complexity index is 1240. The summed E-state index contributed by atoms with van der Waals surface area (Å²) in [6.07, 6.45) is 2.54. The van der Waals surface area contributed by atoms with E-state index in [9.17, 15) is 22.4 Å². The Hall–Kier alpha value is -2.74. The zero-order valence-corrected chi connectivity index (χ0v) is 22.2. The second-order valence-electron chi connectivity index (χ2n) is 9.84. The van der Waals surface area contributed by atoms with Crippen molar-refractivity contribution < 1.29 is 22.4 Å². The molecule has 0 saturated carbocycles. The van der Waals surface area contributed by atoms with Crippen molar-refractivity contribution in [2.24, 2.45) is 16.8 Å². The molecule has 4 rings (SSSR count). The van der Waals surface area contributed by atoms with Crippen LogP contribution in [0.5, 0.6) is 0 Å². The third-order valence-electron chi connectivity index (χ3n) is 7.38. The number of halogens is 4. The van der Waals surface area contributed by atoms with Crippen molar-refractivity contribution >= 4 is 28.9 Å². The fraction of sp³-hybridized carbons (Fsp3) is 0.448. The SMILES string of the molecule is CCC1=C(N2CC=C(c3ccc(F)cc3C)CC2)N=CC(CCc2ccc(C(F)(F)F)s2)[C@@H](C)C(=O)C1. The highest BCUT2D eigenvalue weighted by molar-refractivity contribution is 7.12. The van der Waals surface area contributed by atoms with E-state index in [4.69, 9.17) is 4.99 Å². The summed E-state index contributed by atoms with van der Waals surface area (Å²) in [5, 5.41) is 0. The van der Waals surface area contributed by atoms with Gasteiger partial charge in [0.1, 0.15) is 22.3 Å². The number of aryl methyl sites for hydroxylation is 2. The Labute approximate surface area is 219 Å². The lowest BCUT2D eigenvalue weighted by molar-refractivity contribution is -0.134. The molecular weight excluding hydrogens is 500 g/mol. The van der Waals surface area contributed by atoms with Crippen LogP contribution in [0.3, 0.4) is 0 Å². The molecule has 0 amide bonds. The Morgan fingerprint density at radius 1 is 1.19 bits per heavy atom. The van der Waals surface area contributed by atoms with Crippen LogP contribution in [-0.2, 0) is 17.4 Å². The molecule has 0 N–H and O–H groups in total. The van der Waals surface area contributed by atoms with Crippen molar-refractivity contribution in [3.63, 3.8) is 0 Å². The monoisotopic (exact) mass is 532 g/mol. The number of benzene rings is 1. The van der Waals surface area contributed by atoms with Gasteiger partial charge >= 0.3 is 6.18 Å². The summed E-state index contributed by atoms with van der Waals surface area (Å²) >= 11 is 0.768. The molecule has 2 aliphatic rings. The maximum Gasteiger partial charge on any atom is 0.425 e. The van der Waals surface area contributed by atoms with Crippen molar-refractivity contribution in [3.05, 3.63) is 74.5 Å². The van der Waals surface area contributed by atoms with Crippen molar-refractivity contribution in [3.8, 4) is 0 Å². The number of carbonyl (C=O) groups excluding carboxylic acids is 1. The van der Waals surface area contributed by atoms with Gasteiger partial charge in [-0.2, -0.15) is 13.2 Å². The molecule has 3 heterocycles. The van der Waals surface area contributed by atoms with E-state index in [0.29, 0.717) is 30.7 Å². The van der Waals surface area contributed by atoms with Gasteiger partial charge in [0.15, 0.2) is 0 Å². The number of thiophene rings is 1. The topological polar surface area (TPSA) is 32.7 Å². The summed E-state index contributed by atoms with van der Waals surface area (Å²) < 4.78 is 52.5. The molecule has 0 bridgehead atoms. The number of carbonyl (C=O) groups is 1. The van der Waals surface area contributed by atoms with Gasteiger partial charge in [-0.15, -0.1) is 11.3 Å². The van der Waals surface area contributed by atoms with Gasteiger partial charge in [-0.3, -0.25) is 4.79 Å². The highest BCUT2D eigenvalue weighted by Crippen LogP contribution is 2.36. The average molecular weight is 533 g/mol. The van der Waals surface area contributed by atoms with E-state index in [2.05, 4.69) is 11.0 Å². The quantitative estimate of drug-likeness (QED) is 0.355. The second-order valence-corrected chi connectivity index (χ2v) is 11.0. The Kier molecular flexibility index (Phi) is 8.36. The number of allylic oxidation sites excluding steroid dienone is 1. The summed E-state index contributed by atoms with van der Waals surface area (Å²) in [5.74, 6) is 0.338. The smallest absolute Gasteiger partial charge is 0.353 e. The van der Waals surface area contributed by atoms with Crippen molar-refractivity contribution in [2.45, 2.75) is 59.1 Å². The fourth-order valence-electron chi connectivity index (χ4n) is 5.06. The van der Waals surface area contributed by atoms with Crippen molar-refractivity contribution in [1.82, 2.24) is 4.90 Å². The fourth-order valence-corrected chi connectivity index (χ4v) is 5.95. The van der Waals surface area contributed by atoms with Gasteiger partial charge in [-0.25, -0.2) is 9.38 Å². The van der Waals surface area contributed by atoms with E-state index in [1.54, 1.807) is 6.07 Å². The van der Waals surface area contributed by atoms with Crippen LogP contribution in [0.4, 0.5) is 17.6 Å². The number of ketones is 1. The number of nitrogens with zero attached hydrogens (tertiary/aromatic N) is 2. The summed E-state index contributed by atoms with van der Waals surface area (Å²) in [6, 6.07) is 7.51. The summed E-state index contributed by atoms with van der Waals surface area (Å²) in [6.45, 7) is 7.22. The first-order chi connectivity index (χ1) is 17.6. The molecule has 2 atom stereocenters. The molecule has 0 spiro atoms. The van der Waals surface area contributed by atoms with Gasteiger partial charge in [-0.05, 0) is 79.1 Å². The number of aliphatic imine (C=N–C) groups is 1. The minimum Gasteiger partial charge on any atom is -0.353 e. The standard InChI is InChI=1S/C29H32F4N2OS/c1-4-20-16-26(36)19(3)22(5-7-24-8-10-27(37-24)29(31,32)33)17-34-28(20)35-13-11-21(12-14-35)25-9-6-23(30)15-18(25)2/h6,8-11,15,17,19,22H,4-5,7,12-14,16H2,1-3H3/t19-,22?/m1/s1. The van der Waals surface area contributed by atoms with Crippen LogP contribution in [0.2, 0.25) is 0 Å². The first kappa shape index (κ1) is 27.3. The number of Topliss-reactive ketones (excluding diaryl/α,β-unsaturated/α-hetero) is 1. The van der Waals surface area contributed by atoms with Crippen LogP contribution in [0.25, 0.3) is 5.57 Å². The molecule has 2 aromatic rings. The van der Waals surface area contributed by atoms with E-state index >= 15 is 0 Å². The largest absolute Gasteiger partial charge is 0.425 e. The summed E-state index contributed by atoms with van der Waals surface area (Å²) in [7, 11) is 0. The maximum absolute atomic E-state index is 13.5. The summed E-state index contributed by atoms with van der Waals surface area (Å²) in [4.78, 5) is 20.3. The predicted molar refractivity (Wildman–Crippen MR) is 141 cm³/mol. The van der Waals surface area contributed by atoms with E-state index in [-0.39, 0.29) is 23.4 Å². The number of hydrogen-bond donors (Lipinski definition) is 0. The predicted octanol–water partition coefficient (Wildman–Crippen LogP) is 7.85. The third-order valence-corrected chi connectivity index (χ3v) is 8.57. The van der Waals surface area contributed by atoms with Crippen LogP contribution in [0.1, 0.15) is 60.4 Å². The van der Waals surface area contributed by atoms with Gasteiger partial charge in [0.2, 0.25) is 0 Å². The lowest BCUT2D eigenvalue weighted by Crippen LogP contribution is -2.31. The highest BCUT2D eigenvalue weighted by atomic mass is 32.1. The number of hydrogen-bond acceptors (Lipinski definition) is 4. The molecule has 1 aromatic heterocycles. The highest BCUT2D eigenvalue weighted by Gasteiger charge is 2.33. The molecule has 1 aromatic carbocycles. The van der Waals surface area contributed by atoms with Gasteiger partial charge in [0, 0.05) is 42.4 Å². The van der Waals surface area contributed by atoms with Crippen molar-refractivity contribution in [2.75, 3.05) is 13.1 Å².